The molecule has 6 unspecified atom stereocenters. The first-order valence-electron chi connectivity index (χ1n) is 9.77. The second kappa shape index (κ2) is 5.72. The van der Waals surface area contributed by atoms with Crippen LogP contribution in [-0.2, 0) is 16.0 Å². The number of hydrogen-bond acceptors (Lipinski definition) is 4. The minimum atomic E-state index is -0.675. The van der Waals surface area contributed by atoms with Gasteiger partial charge in [-0.2, -0.15) is 0 Å². The van der Waals surface area contributed by atoms with E-state index in [4.69, 9.17) is 9.15 Å². The fourth-order valence-corrected chi connectivity index (χ4v) is 6.74. The first kappa shape index (κ1) is 17.8. The molecule has 26 heavy (non-hydrogen) atoms. The summed E-state index contributed by atoms with van der Waals surface area (Å²) in [6.45, 7) is 12.6. The summed E-state index contributed by atoms with van der Waals surface area (Å²) >= 11 is 0. The van der Waals surface area contributed by atoms with Crippen molar-refractivity contribution >= 4 is 11.5 Å². The fourth-order valence-electron chi connectivity index (χ4n) is 6.74. The van der Waals surface area contributed by atoms with Crippen LogP contribution in [0.5, 0.6) is 0 Å². The summed E-state index contributed by atoms with van der Waals surface area (Å²) in [7, 11) is 0. The number of carbonyl (C=O) groups excluding carboxylic acids is 1. The van der Waals surface area contributed by atoms with Gasteiger partial charge >= 0.3 is 5.97 Å². The standard InChI is InChI=1S/C22H30O4/c1-12-14-7-10-25-16(14)11-15-17(12)19(26-13(2)23)18(24)20-21(3,4)8-6-9-22(15,20)5/h7,10,15,17-20,24H,1,6,8-9,11H2,2-5H3. The van der Waals surface area contributed by atoms with Gasteiger partial charge in [-0.25, -0.2) is 0 Å². The van der Waals surface area contributed by atoms with Gasteiger partial charge in [0.2, 0.25) is 0 Å². The lowest BCUT2D eigenvalue weighted by Crippen LogP contribution is -2.64. The Morgan fingerprint density at radius 3 is 2.77 bits per heavy atom. The SMILES string of the molecule is C=C1c2ccoc2CC2C1C(OC(C)=O)C(O)C1C(C)(C)CCCC21C. The maximum atomic E-state index is 11.9. The van der Waals surface area contributed by atoms with Crippen LogP contribution in [0.2, 0.25) is 0 Å². The quantitative estimate of drug-likeness (QED) is 0.764. The number of carbonyl (C=O) groups is 1. The van der Waals surface area contributed by atoms with Crippen LogP contribution in [0.4, 0.5) is 0 Å². The Bertz CT molecular complexity index is 745. The lowest BCUT2D eigenvalue weighted by molar-refractivity contribution is -0.214. The number of furan rings is 1. The average Bonchev–Trinajstić information content (AvgIpc) is 2.99. The molecule has 1 aromatic heterocycles. The Morgan fingerprint density at radius 2 is 2.08 bits per heavy atom. The Morgan fingerprint density at radius 1 is 1.35 bits per heavy atom. The van der Waals surface area contributed by atoms with Crippen molar-refractivity contribution in [2.45, 2.75) is 65.6 Å². The average molecular weight is 358 g/mol. The molecule has 0 saturated heterocycles. The van der Waals surface area contributed by atoms with Crippen molar-refractivity contribution < 1.29 is 19.1 Å². The van der Waals surface area contributed by atoms with E-state index in [0.717, 1.165) is 42.6 Å². The Balaban J connectivity index is 1.86. The zero-order valence-corrected chi connectivity index (χ0v) is 16.2. The molecule has 4 heteroatoms. The second-order valence-corrected chi connectivity index (χ2v) is 9.51. The fraction of sp³-hybridized carbons (Fsp3) is 0.682. The van der Waals surface area contributed by atoms with Crippen LogP contribution < -0.4 is 0 Å². The van der Waals surface area contributed by atoms with Gasteiger partial charge in [0.1, 0.15) is 11.9 Å². The minimum absolute atomic E-state index is 0.000556. The third-order valence-electron chi connectivity index (χ3n) is 7.60. The van der Waals surface area contributed by atoms with E-state index in [2.05, 4.69) is 27.4 Å². The number of rotatable bonds is 1. The highest BCUT2D eigenvalue weighted by atomic mass is 16.6. The number of fused-ring (bicyclic) bond motifs is 4. The smallest absolute Gasteiger partial charge is 0.303 e. The van der Waals surface area contributed by atoms with E-state index >= 15 is 0 Å². The lowest BCUT2D eigenvalue weighted by Gasteiger charge is -2.63. The molecule has 1 N–H and O–H groups in total. The summed E-state index contributed by atoms with van der Waals surface area (Å²) < 4.78 is 11.5. The maximum absolute atomic E-state index is 11.9. The lowest BCUT2D eigenvalue weighted by atomic mass is 9.43. The van der Waals surface area contributed by atoms with E-state index in [9.17, 15) is 9.90 Å². The highest BCUT2D eigenvalue weighted by Crippen LogP contribution is 2.65. The van der Waals surface area contributed by atoms with Gasteiger partial charge in [0.25, 0.3) is 0 Å². The van der Waals surface area contributed by atoms with Crippen molar-refractivity contribution in [1.29, 1.82) is 0 Å². The highest BCUT2D eigenvalue weighted by molar-refractivity contribution is 5.71. The van der Waals surface area contributed by atoms with Crippen molar-refractivity contribution in [3.05, 3.63) is 30.2 Å². The summed E-state index contributed by atoms with van der Waals surface area (Å²) in [6.07, 6.45) is 4.64. The van der Waals surface area contributed by atoms with Crippen molar-refractivity contribution in [3.8, 4) is 0 Å². The van der Waals surface area contributed by atoms with Gasteiger partial charge in [0.05, 0.1) is 12.4 Å². The van der Waals surface area contributed by atoms with E-state index in [1.165, 1.54) is 6.92 Å². The predicted octanol–water partition coefficient (Wildman–Crippen LogP) is 4.22. The molecule has 2 saturated carbocycles. The summed E-state index contributed by atoms with van der Waals surface area (Å²) in [5.74, 6) is 0.923. The van der Waals surface area contributed by atoms with Crippen molar-refractivity contribution in [1.82, 2.24) is 0 Å². The third kappa shape index (κ3) is 2.34. The van der Waals surface area contributed by atoms with Crippen molar-refractivity contribution in [2.75, 3.05) is 0 Å². The summed E-state index contributed by atoms with van der Waals surface area (Å²) in [5.41, 5.74) is 1.93. The van der Waals surface area contributed by atoms with Gasteiger partial charge in [-0.1, -0.05) is 33.8 Å². The topological polar surface area (TPSA) is 59.7 Å². The van der Waals surface area contributed by atoms with Gasteiger partial charge in [0.15, 0.2) is 0 Å². The van der Waals surface area contributed by atoms with E-state index in [1.54, 1.807) is 6.26 Å². The van der Waals surface area contributed by atoms with Crippen LogP contribution in [0.1, 0.15) is 58.3 Å². The molecule has 0 aliphatic heterocycles. The van der Waals surface area contributed by atoms with Crippen LogP contribution in [0.3, 0.4) is 0 Å². The molecule has 3 aliphatic rings. The molecule has 0 amide bonds. The largest absolute Gasteiger partial charge is 0.469 e. The first-order chi connectivity index (χ1) is 12.2. The molecular weight excluding hydrogens is 328 g/mol. The Kier molecular flexibility index (Phi) is 3.93. The molecule has 1 heterocycles. The zero-order valence-electron chi connectivity index (χ0n) is 16.2. The summed E-state index contributed by atoms with van der Waals surface area (Å²) in [5, 5.41) is 11.4. The second-order valence-electron chi connectivity index (χ2n) is 9.51. The molecule has 0 bridgehead atoms. The van der Waals surface area contributed by atoms with Crippen LogP contribution in [0.25, 0.3) is 5.57 Å². The molecule has 1 aromatic rings. The van der Waals surface area contributed by atoms with Crippen LogP contribution in [0, 0.1) is 28.6 Å². The highest BCUT2D eigenvalue weighted by Gasteiger charge is 2.64. The van der Waals surface area contributed by atoms with Gasteiger partial charge in [-0.3, -0.25) is 4.79 Å². The monoisotopic (exact) mass is 358 g/mol. The Hall–Kier alpha value is -1.55. The van der Waals surface area contributed by atoms with E-state index in [0.29, 0.717) is 0 Å². The predicted molar refractivity (Wildman–Crippen MR) is 99.2 cm³/mol. The molecule has 2 fully saturated rings. The third-order valence-corrected chi connectivity index (χ3v) is 7.60. The van der Waals surface area contributed by atoms with Crippen LogP contribution >= 0.6 is 0 Å². The van der Waals surface area contributed by atoms with Crippen molar-refractivity contribution in [2.24, 2.45) is 28.6 Å². The Labute approximate surface area is 155 Å². The van der Waals surface area contributed by atoms with Gasteiger partial charge in [-0.15, -0.1) is 0 Å². The first-order valence-corrected chi connectivity index (χ1v) is 9.77. The molecule has 0 spiro atoms. The molecule has 0 aromatic carbocycles. The van der Waals surface area contributed by atoms with E-state index in [-0.39, 0.29) is 34.6 Å². The molecule has 142 valence electrons. The number of esters is 1. The van der Waals surface area contributed by atoms with E-state index < -0.39 is 12.2 Å². The van der Waals surface area contributed by atoms with Gasteiger partial charge < -0.3 is 14.3 Å². The molecule has 6 atom stereocenters. The molecular formula is C22H30O4. The summed E-state index contributed by atoms with van der Waals surface area (Å²) in [6, 6.07) is 1.95. The van der Waals surface area contributed by atoms with Crippen LogP contribution in [-0.4, -0.2) is 23.3 Å². The molecule has 0 radical (unpaired) electrons. The number of ether oxygens (including phenoxy) is 1. The van der Waals surface area contributed by atoms with E-state index in [1.807, 2.05) is 6.07 Å². The number of aliphatic hydroxyl groups excluding tert-OH is 1. The molecule has 3 aliphatic carbocycles. The normalized spacial score (nSPS) is 41.0. The molecule has 4 nitrogen and oxygen atoms in total. The summed E-state index contributed by atoms with van der Waals surface area (Å²) in [4.78, 5) is 11.9. The number of aliphatic hydroxyl groups is 1. The van der Waals surface area contributed by atoms with Crippen LogP contribution in [0.15, 0.2) is 23.3 Å². The van der Waals surface area contributed by atoms with Gasteiger partial charge in [0, 0.05) is 24.8 Å². The molecule has 4 rings (SSSR count). The minimum Gasteiger partial charge on any atom is -0.469 e. The van der Waals surface area contributed by atoms with Gasteiger partial charge in [-0.05, 0) is 47.1 Å². The zero-order chi connectivity index (χ0) is 18.9. The van der Waals surface area contributed by atoms with Crippen molar-refractivity contribution in [3.63, 3.8) is 0 Å². The maximum Gasteiger partial charge on any atom is 0.303 e. The number of hydrogen-bond donors (Lipinski definition) is 1.